The zero-order valence-electron chi connectivity index (χ0n) is 15.9. The lowest BCUT2D eigenvalue weighted by Crippen LogP contribution is -2.36. The molecule has 2 aromatic rings. The van der Waals surface area contributed by atoms with E-state index < -0.39 is 10.0 Å². The molecule has 27 heavy (non-hydrogen) atoms. The molecule has 0 spiro atoms. The molecule has 1 aliphatic rings. The molecule has 1 heterocycles. The monoisotopic (exact) mass is 388 g/mol. The van der Waals surface area contributed by atoms with E-state index in [0.29, 0.717) is 11.4 Å². The van der Waals surface area contributed by atoms with Gasteiger partial charge in [-0.05, 0) is 35.2 Å². The van der Waals surface area contributed by atoms with Gasteiger partial charge in [0.1, 0.15) is 0 Å². The fraction of sp³-hybridized carbons (Fsp3) is 0.429. The molecular formula is C21H28N2O3S. The number of morpholine rings is 1. The van der Waals surface area contributed by atoms with E-state index in [1.54, 1.807) is 12.1 Å². The maximum absolute atomic E-state index is 12.6. The number of nitrogens with one attached hydrogen (secondary N) is 1. The average molecular weight is 389 g/mol. The van der Waals surface area contributed by atoms with Gasteiger partial charge in [-0.15, -0.1) is 0 Å². The highest BCUT2D eigenvalue weighted by atomic mass is 32.2. The highest BCUT2D eigenvalue weighted by Crippen LogP contribution is 2.16. The van der Waals surface area contributed by atoms with Crippen LogP contribution in [0.3, 0.4) is 0 Å². The quantitative estimate of drug-likeness (QED) is 0.755. The first-order valence-corrected chi connectivity index (χ1v) is 11.0. The average Bonchev–Trinajstić information content (AvgIpc) is 2.69. The molecule has 0 aromatic heterocycles. The largest absolute Gasteiger partial charge is 0.379 e. The minimum absolute atomic E-state index is 0.291. The van der Waals surface area contributed by atoms with Gasteiger partial charge in [0.15, 0.2) is 0 Å². The number of benzene rings is 2. The lowest BCUT2D eigenvalue weighted by molar-refractivity contribution is 0.0341. The van der Waals surface area contributed by atoms with Crippen molar-refractivity contribution >= 4 is 10.0 Å². The number of sulfonamides is 1. The summed E-state index contributed by atoms with van der Waals surface area (Å²) in [6.45, 7) is 6.53. The summed E-state index contributed by atoms with van der Waals surface area (Å²) in [4.78, 5) is 2.65. The second-order valence-electron chi connectivity index (χ2n) is 6.88. The summed E-state index contributed by atoms with van der Waals surface area (Å²) < 4.78 is 33.4. The lowest BCUT2D eigenvalue weighted by atomic mass is 10.1. The predicted molar refractivity (Wildman–Crippen MR) is 107 cm³/mol. The van der Waals surface area contributed by atoms with Gasteiger partial charge >= 0.3 is 0 Å². The summed E-state index contributed by atoms with van der Waals surface area (Å²) in [5, 5.41) is 0. The molecule has 1 fully saturated rings. The molecule has 0 aliphatic carbocycles. The van der Waals surface area contributed by atoms with Crippen molar-refractivity contribution in [3.05, 3.63) is 65.2 Å². The van der Waals surface area contributed by atoms with Gasteiger partial charge in [-0.25, -0.2) is 13.1 Å². The maximum atomic E-state index is 12.6. The topological polar surface area (TPSA) is 58.6 Å². The van der Waals surface area contributed by atoms with Crippen LogP contribution in [0.2, 0.25) is 0 Å². The molecule has 5 nitrogen and oxygen atoms in total. The van der Waals surface area contributed by atoms with Gasteiger partial charge in [0.25, 0.3) is 0 Å². The van der Waals surface area contributed by atoms with Crippen LogP contribution in [0.1, 0.15) is 30.0 Å². The number of hydrogen-bond acceptors (Lipinski definition) is 4. The van der Waals surface area contributed by atoms with Crippen molar-refractivity contribution < 1.29 is 13.2 Å². The van der Waals surface area contributed by atoms with Crippen LogP contribution in [0.15, 0.2) is 53.4 Å². The Bertz CT molecular complexity index is 829. The minimum atomic E-state index is -3.52. The molecule has 3 rings (SSSR count). The van der Waals surface area contributed by atoms with Gasteiger partial charge in [0, 0.05) is 26.2 Å². The number of aryl methyl sites for hydroxylation is 1. The zero-order chi connectivity index (χ0) is 19.1. The third-order valence-electron chi connectivity index (χ3n) is 4.84. The smallest absolute Gasteiger partial charge is 0.240 e. The van der Waals surface area contributed by atoms with Crippen LogP contribution < -0.4 is 4.72 Å². The van der Waals surface area contributed by atoms with Crippen molar-refractivity contribution in [1.82, 2.24) is 9.62 Å². The number of ether oxygens (including phenoxy) is 1. The third kappa shape index (κ3) is 5.62. The molecule has 0 bridgehead atoms. The highest BCUT2D eigenvalue weighted by molar-refractivity contribution is 7.89. The highest BCUT2D eigenvalue weighted by Gasteiger charge is 2.16. The summed E-state index contributed by atoms with van der Waals surface area (Å²) in [5.41, 5.74) is 3.32. The van der Waals surface area contributed by atoms with E-state index in [9.17, 15) is 8.42 Å². The zero-order valence-corrected chi connectivity index (χ0v) is 16.7. The molecule has 0 unspecified atom stereocenters. The molecular weight excluding hydrogens is 360 g/mol. The number of rotatable bonds is 8. The molecule has 0 radical (unpaired) electrons. The maximum Gasteiger partial charge on any atom is 0.240 e. The Morgan fingerprint density at radius 2 is 1.67 bits per heavy atom. The molecule has 1 aliphatic heterocycles. The van der Waals surface area contributed by atoms with E-state index in [0.717, 1.165) is 62.4 Å². The van der Waals surface area contributed by atoms with Gasteiger partial charge in [-0.3, -0.25) is 4.90 Å². The predicted octanol–water partition coefficient (Wildman–Crippen LogP) is 2.95. The number of nitrogens with zero attached hydrogens (tertiary/aromatic N) is 1. The summed E-state index contributed by atoms with van der Waals surface area (Å²) in [6.07, 6.45) is 2.01. The summed E-state index contributed by atoms with van der Waals surface area (Å²) in [5.74, 6) is 0. The van der Waals surface area contributed by atoms with Crippen molar-refractivity contribution in [2.24, 2.45) is 0 Å². The van der Waals surface area contributed by atoms with Crippen LogP contribution in [0.4, 0.5) is 0 Å². The molecule has 0 saturated carbocycles. The first-order valence-electron chi connectivity index (χ1n) is 9.54. The van der Waals surface area contributed by atoms with Crippen LogP contribution in [0.25, 0.3) is 0 Å². The molecule has 146 valence electrons. The Morgan fingerprint density at radius 3 is 2.33 bits per heavy atom. The van der Waals surface area contributed by atoms with Crippen molar-refractivity contribution in [1.29, 1.82) is 0 Å². The number of hydrogen-bond donors (Lipinski definition) is 1. The summed E-state index contributed by atoms with van der Waals surface area (Å²) in [6, 6.07) is 15.2. The van der Waals surface area contributed by atoms with E-state index in [-0.39, 0.29) is 0 Å². The molecule has 0 amide bonds. The minimum Gasteiger partial charge on any atom is -0.379 e. The Morgan fingerprint density at radius 1 is 1.00 bits per heavy atom. The Hall–Kier alpha value is -1.73. The van der Waals surface area contributed by atoms with E-state index in [1.807, 2.05) is 30.3 Å². The van der Waals surface area contributed by atoms with Crippen LogP contribution in [-0.4, -0.2) is 39.6 Å². The standard InChI is InChI=1S/C21H28N2O3S/c1-2-5-18-8-10-21(11-9-18)27(24,25)22-16-19-6-3-4-7-20(19)17-23-12-14-26-15-13-23/h3-4,6-11,22H,2,5,12-17H2,1H3. The third-order valence-corrected chi connectivity index (χ3v) is 6.26. The van der Waals surface area contributed by atoms with Gasteiger partial charge in [0.05, 0.1) is 18.1 Å². The van der Waals surface area contributed by atoms with Crippen LogP contribution in [0.5, 0.6) is 0 Å². The Balaban J connectivity index is 1.66. The normalized spacial score (nSPS) is 15.7. The lowest BCUT2D eigenvalue weighted by Gasteiger charge is -2.27. The SMILES string of the molecule is CCCc1ccc(S(=O)(=O)NCc2ccccc2CN2CCOCC2)cc1. The first kappa shape index (κ1) is 20.0. The van der Waals surface area contributed by atoms with Crippen molar-refractivity contribution in [2.75, 3.05) is 26.3 Å². The molecule has 0 atom stereocenters. The first-order chi connectivity index (χ1) is 13.1. The van der Waals surface area contributed by atoms with Crippen LogP contribution in [-0.2, 0) is 34.3 Å². The van der Waals surface area contributed by atoms with E-state index in [4.69, 9.17) is 4.74 Å². The summed E-state index contributed by atoms with van der Waals surface area (Å²) >= 11 is 0. The summed E-state index contributed by atoms with van der Waals surface area (Å²) in [7, 11) is -3.52. The molecule has 1 saturated heterocycles. The van der Waals surface area contributed by atoms with Gasteiger partial charge in [-0.1, -0.05) is 49.7 Å². The van der Waals surface area contributed by atoms with E-state index in [1.165, 1.54) is 0 Å². The van der Waals surface area contributed by atoms with Gasteiger partial charge < -0.3 is 4.74 Å². The van der Waals surface area contributed by atoms with Crippen LogP contribution in [0, 0.1) is 0 Å². The fourth-order valence-electron chi connectivity index (χ4n) is 3.26. The van der Waals surface area contributed by atoms with Crippen LogP contribution >= 0.6 is 0 Å². The van der Waals surface area contributed by atoms with E-state index >= 15 is 0 Å². The molecule has 2 aromatic carbocycles. The molecule has 1 N–H and O–H groups in total. The molecule has 6 heteroatoms. The second-order valence-corrected chi connectivity index (χ2v) is 8.64. The van der Waals surface area contributed by atoms with Crippen molar-refractivity contribution in [3.8, 4) is 0 Å². The van der Waals surface area contributed by atoms with Crippen molar-refractivity contribution in [2.45, 2.75) is 37.8 Å². The second kappa shape index (κ2) is 9.46. The van der Waals surface area contributed by atoms with Crippen molar-refractivity contribution in [3.63, 3.8) is 0 Å². The van der Waals surface area contributed by atoms with Gasteiger partial charge in [0.2, 0.25) is 10.0 Å². The fourth-order valence-corrected chi connectivity index (χ4v) is 4.27. The van der Waals surface area contributed by atoms with E-state index in [2.05, 4.69) is 22.6 Å². The Kier molecular flexibility index (Phi) is 7.01. The Labute approximate surface area is 162 Å². The van der Waals surface area contributed by atoms with Gasteiger partial charge in [-0.2, -0.15) is 0 Å².